The summed E-state index contributed by atoms with van der Waals surface area (Å²) >= 11 is 0. The lowest BCUT2D eigenvalue weighted by Crippen LogP contribution is -2.32. The molecule has 5 heteroatoms. The molecular weight excluding hydrogens is 161 g/mol. The van der Waals surface area contributed by atoms with Crippen molar-refractivity contribution in [1.82, 2.24) is 0 Å². The summed E-state index contributed by atoms with van der Waals surface area (Å²) < 4.78 is 45.2. The number of rotatable bonds is 4. The highest BCUT2D eigenvalue weighted by Gasteiger charge is 2.40. The molecule has 1 saturated heterocycles. The number of epoxide rings is 1. The van der Waals surface area contributed by atoms with Gasteiger partial charge in [-0.15, -0.1) is 0 Å². The largest absolute Gasteiger partial charge is 0.386 e. The van der Waals surface area contributed by atoms with Crippen molar-refractivity contribution in [2.24, 2.45) is 0 Å². The Kier molecular flexibility index (Phi) is 2.39. The zero-order chi connectivity index (χ0) is 8.48. The second-order valence-electron chi connectivity index (χ2n) is 2.44. The first kappa shape index (κ1) is 8.80. The standard InChI is InChI=1S/C6H9F3O2/c1-4(7)6(8,9)11-3-5-2-10-5/h4-5H,2-3H2,1H3. The molecule has 0 amide bonds. The van der Waals surface area contributed by atoms with Crippen molar-refractivity contribution in [2.45, 2.75) is 25.3 Å². The second-order valence-corrected chi connectivity index (χ2v) is 2.44. The molecule has 1 heterocycles. The number of hydrogen-bond donors (Lipinski definition) is 0. The third-order valence-electron chi connectivity index (χ3n) is 1.33. The zero-order valence-corrected chi connectivity index (χ0v) is 6.02. The molecule has 66 valence electrons. The minimum atomic E-state index is -3.67. The van der Waals surface area contributed by atoms with E-state index in [0.29, 0.717) is 6.61 Å². The highest BCUT2D eigenvalue weighted by molar-refractivity contribution is 4.70. The molecule has 0 aromatic carbocycles. The van der Waals surface area contributed by atoms with Crippen LogP contribution in [0.2, 0.25) is 0 Å². The van der Waals surface area contributed by atoms with Gasteiger partial charge in [-0.05, 0) is 6.92 Å². The van der Waals surface area contributed by atoms with Gasteiger partial charge in [-0.3, -0.25) is 0 Å². The van der Waals surface area contributed by atoms with Crippen LogP contribution in [0.5, 0.6) is 0 Å². The van der Waals surface area contributed by atoms with E-state index in [1.54, 1.807) is 0 Å². The van der Waals surface area contributed by atoms with Crippen LogP contribution < -0.4 is 0 Å². The Morgan fingerprint density at radius 3 is 2.64 bits per heavy atom. The van der Waals surface area contributed by atoms with E-state index >= 15 is 0 Å². The summed E-state index contributed by atoms with van der Waals surface area (Å²) in [5.74, 6) is 0. The van der Waals surface area contributed by atoms with Gasteiger partial charge in [-0.2, -0.15) is 8.78 Å². The van der Waals surface area contributed by atoms with Gasteiger partial charge in [-0.25, -0.2) is 4.39 Å². The molecule has 1 aliphatic rings. The fraction of sp³-hybridized carbons (Fsp3) is 1.00. The summed E-state index contributed by atoms with van der Waals surface area (Å²) in [7, 11) is 0. The molecular formula is C6H9F3O2. The molecule has 0 spiro atoms. The number of ether oxygens (including phenoxy) is 2. The van der Waals surface area contributed by atoms with Crippen LogP contribution in [0.25, 0.3) is 0 Å². The predicted molar refractivity (Wildman–Crippen MR) is 31.2 cm³/mol. The van der Waals surface area contributed by atoms with Crippen LogP contribution in [0.15, 0.2) is 0 Å². The summed E-state index contributed by atoms with van der Waals surface area (Å²) in [5, 5.41) is 0. The van der Waals surface area contributed by atoms with E-state index in [0.717, 1.165) is 6.92 Å². The highest BCUT2D eigenvalue weighted by atomic mass is 19.3. The monoisotopic (exact) mass is 170 g/mol. The maximum atomic E-state index is 12.3. The van der Waals surface area contributed by atoms with Crippen molar-refractivity contribution in [3.63, 3.8) is 0 Å². The van der Waals surface area contributed by atoms with Gasteiger partial charge >= 0.3 is 6.11 Å². The first-order valence-corrected chi connectivity index (χ1v) is 3.30. The molecule has 0 aromatic rings. The van der Waals surface area contributed by atoms with Crippen molar-refractivity contribution in [3.05, 3.63) is 0 Å². The Balaban J connectivity index is 2.20. The molecule has 2 nitrogen and oxygen atoms in total. The topological polar surface area (TPSA) is 21.8 Å². The van der Waals surface area contributed by atoms with Gasteiger partial charge in [0.2, 0.25) is 0 Å². The zero-order valence-electron chi connectivity index (χ0n) is 6.02. The Hall–Kier alpha value is -0.290. The van der Waals surface area contributed by atoms with E-state index in [1.165, 1.54) is 0 Å². The average Bonchev–Trinajstić information content (AvgIpc) is 2.65. The van der Waals surface area contributed by atoms with Gasteiger partial charge in [0, 0.05) is 0 Å². The lowest BCUT2D eigenvalue weighted by Gasteiger charge is -2.16. The van der Waals surface area contributed by atoms with Crippen molar-refractivity contribution in [3.8, 4) is 0 Å². The van der Waals surface area contributed by atoms with Gasteiger partial charge in [-0.1, -0.05) is 0 Å². The van der Waals surface area contributed by atoms with Crippen molar-refractivity contribution in [1.29, 1.82) is 0 Å². The maximum Gasteiger partial charge on any atom is 0.386 e. The van der Waals surface area contributed by atoms with Crippen molar-refractivity contribution < 1.29 is 22.6 Å². The molecule has 0 radical (unpaired) electrons. The third-order valence-corrected chi connectivity index (χ3v) is 1.33. The van der Waals surface area contributed by atoms with Crippen LogP contribution in [-0.4, -0.2) is 31.6 Å². The molecule has 11 heavy (non-hydrogen) atoms. The van der Waals surface area contributed by atoms with Crippen LogP contribution in [0.4, 0.5) is 13.2 Å². The molecule has 1 fully saturated rings. The third kappa shape index (κ3) is 2.67. The minimum Gasteiger partial charge on any atom is -0.371 e. The summed E-state index contributed by atoms with van der Waals surface area (Å²) in [6, 6.07) is 0. The Morgan fingerprint density at radius 2 is 2.27 bits per heavy atom. The lowest BCUT2D eigenvalue weighted by molar-refractivity contribution is -0.271. The number of halogens is 3. The normalized spacial score (nSPS) is 26.7. The van der Waals surface area contributed by atoms with Crippen LogP contribution in [0.1, 0.15) is 6.92 Å². The summed E-state index contributed by atoms with van der Waals surface area (Å²) in [6.45, 7) is 0.950. The van der Waals surface area contributed by atoms with Gasteiger partial charge in [0.15, 0.2) is 6.17 Å². The van der Waals surface area contributed by atoms with Gasteiger partial charge in [0.1, 0.15) is 6.10 Å². The fourth-order valence-electron chi connectivity index (χ4n) is 0.483. The van der Waals surface area contributed by atoms with Crippen molar-refractivity contribution in [2.75, 3.05) is 13.2 Å². The molecule has 0 N–H and O–H groups in total. The second kappa shape index (κ2) is 2.98. The van der Waals surface area contributed by atoms with Crippen LogP contribution in [0, 0.1) is 0 Å². The van der Waals surface area contributed by atoms with Crippen molar-refractivity contribution >= 4 is 0 Å². The quantitative estimate of drug-likeness (QED) is 0.594. The minimum absolute atomic E-state index is 0.235. The van der Waals surface area contributed by atoms with Crippen LogP contribution in [-0.2, 0) is 9.47 Å². The number of hydrogen-bond acceptors (Lipinski definition) is 2. The lowest BCUT2D eigenvalue weighted by atomic mass is 10.4. The van der Waals surface area contributed by atoms with E-state index in [-0.39, 0.29) is 12.7 Å². The van der Waals surface area contributed by atoms with Crippen LogP contribution >= 0.6 is 0 Å². The van der Waals surface area contributed by atoms with E-state index in [1.807, 2.05) is 0 Å². The van der Waals surface area contributed by atoms with E-state index in [9.17, 15) is 13.2 Å². The molecule has 0 aromatic heterocycles. The maximum absolute atomic E-state index is 12.3. The van der Waals surface area contributed by atoms with Gasteiger partial charge in [0.25, 0.3) is 0 Å². The summed E-state index contributed by atoms with van der Waals surface area (Å²) in [5.41, 5.74) is 0. The van der Waals surface area contributed by atoms with E-state index in [4.69, 9.17) is 0 Å². The predicted octanol–water partition coefficient (Wildman–Crippen LogP) is 1.35. The molecule has 2 unspecified atom stereocenters. The van der Waals surface area contributed by atoms with E-state index in [2.05, 4.69) is 9.47 Å². The molecule has 0 bridgehead atoms. The Morgan fingerprint density at radius 1 is 1.73 bits per heavy atom. The molecule has 2 atom stereocenters. The summed E-state index contributed by atoms with van der Waals surface area (Å²) in [6.07, 6.45) is -6.22. The molecule has 1 rings (SSSR count). The smallest absolute Gasteiger partial charge is 0.371 e. The first-order chi connectivity index (χ1) is 5.02. The van der Waals surface area contributed by atoms with E-state index < -0.39 is 12.3 Å². The summed E-state index contributed by atoms with van der Waals surface area (Å²) in [4.78, 5) is 0. The van der Waals surface area contributed by atoms with Gasteiger partial charge < -0.3 is 9.47 Å². The fourth-order valence-corrected chi connectivity index (χ4v) is 0.483. The number of alkyl halides is 3. The Labute approximate surface area is 62.3 Å². The molecule has 0 aliphatic carbocycles. The van der Waals surface area contributed by atoms with Crippen LogP contribution in [0.3, 0.4) is 0 Å². The molecule has 1 aliphatic heterocycles. The average molecular weight is 170 g/mol. The first-order valence-electron chi connectivity index (χ1n) is 3.30. The highest BCUT2D eigenvalue weighted by Crippen LogP contribution is 2.24. The van der Waals surface area contributed by atoms with Gasteiger partial charge in [0.05, 0.1) is 13.2 Å². The Bertz CT molecular complexity index is 134. The SMILES string of the molecule is CC(F)C(F)(F)OCC1CO1. The molecule has 0 saturated carbocycles.